The van der Waals surface area contributed by atoms with Crippen molar-refractivity contribution in [3.8, 4) is 5.75 Å². The number of nitrogens with one attached hydrogen (secondary N) is 1. The molecule has 0 bridgehead atoms. The van der Waals surface area contributed by atoms with E-state index in [0.29, 0.717) is 13.2 Å². The molecule has 124 valence electrons. The van der Waals surface area contributed by atoms with E-state index in [1.807, 2.05) is 26.0 Å². The minimum absolute atomic E-state index is 0.0654. The largest absolute Gasteiger partial charge is 0.494 e. The molecule has 0 aromatic heterocycles. The topological polar surface area (TPSA) is 55.4 Å². The van der Waals surface area contributed by atoms with Crippen LogP contribution in [-0.2, 0) is 16.4 Å². The molecule has 1 aromatic rings. The summed E-state index contributed by atoms with van der Waals surface area (Å²) in [5, 5.41) is 3.21. The maximum atomic E-state index is 11.9. The van der Waals surface area contributed by atoms with Crippen molar-refractivity contribution < 1.29 is 13.2 Å². The summed E-state index contributed by atoms with van der Waals surface area (Å²) in [6, 6.07) is 6.21. The minimum atomic E-state index is -2.98. The molecule has 0 spiro atoms. The van der Waals surface area contributed by atoms with Gasteiger partial charge in [-0.05, 0) is 43.9 Å². The van der Waals surface area contributed by atoms with Gasteiger partial charge in [-0.3, -0.25) is 0 Å². The molecule has 0 radical (unpaired) electrons. The van der Waals surface area contributed by atoms with Crippen molar-refractivity contribution in [2.75, 3.05) is 12.9 Å². The molecule has 1 aromatic carbocycles. The normalized spacial score (nSPS) is 22.5. The summed E-state index contributed by atoms with van der Waals surface area (Å²) >= 11 is 0. The average molecular weight is 325 g/mol. The number of ether oxygens (including phenoxy) is 1. The van der Waals surface area contributed by atoms with Crippen LogP contribution >= 0.6 is 0 Å². The Hall–Kier alpha value is -1.07. The molecule has 5 heteroatoms. The highest BCUT2D eigenvalue weighted by molar-refractivity contribution is 7.91. The summed E-state index contributed by atoms with van der Waals surface area (Å²) in [5.41, 5.74) is 2.28. The highest BCUT2D eigenvalue weighted by Gasteiger charge is 2.32. The third kappa shape index (κ3) is 4.46. The zero-order valence-electron chi connectivity index (χ0n) is 13.8. The zero-order valence-corrected chi connectivity index (χ0v) is 14.6. The molecule has 0 amide bonds. The molecular weight excluding hydrogens is 298 g/mol. The lowest BCUT2D eigenvalue weighted by molar-refractivity contribution is 0.337. The fourth-order valence-corrected chi connectivity index (χ4v) is 4.65. The number of rotatable bonds is 6. The van der Waals surface area contributed by atoms with Crippen molar-refractivity contribution in [3.63, 3.8) is 0 Å². The summed E-state index contributed by atoms with van der Waals surface area (Å²) in [7, 11) is -2.98. The van der Waals surface area contributed by atoms with Gasteiger partial charge in [0.2, 0.25) is 0 Å². The fraction of sp³-hybridized carbons (Fsp3) is 0.647. The molecule has 0 heterocycles. The maximum absolute atomic E-state index is 11.9. The molecule has 22 heavy (non-hydrogen) atoms. The van der Waals surface area contributed by atoms with Crippen molar-refractivity contribution in [3.05, 3.63) is 29.3 Å². The molecule has 4 nitrogen and oxygen atoms in total. The first kappa shape index (κ1) is 17.3. The highest BCUT2D eigenvalue weighted by atomic mass is 32.2. The number of sulfone groups is 1. The van der Waals surface area contributed by atoms with Crippen molar-refractivity contribution in [1.29, 1.82) is 0 Å². The van der Waals surface area contributed by atoms with Crippen LogP contribution in [0.2, 0.25) is 0 Å². The van der Waals surface area contributed by atoms with E-state index in [2.05, 4.69) is 11.4 Å². The number of benzene rings is 1. The van der Waals surface area contributed by atoms with Gasteiger partial charge in [0.15, 0.2) is 9.84 Å². The molecule has 2 atom stereocenters. The van der Waals surface area contributed by atoms with Crippen molar-refractivity contribution in [2.45, 2.75) is 57.4 Å². The second-order valence-electron chi connectivity index (χ2n) is 6.17. The molecule has 0 saturated heterocycles. The first-order valence-electron chi connectivity index (χ1n) is 8.06. The van der Waals surface area contributed by atoms with Crippen LogP contribution in [0, 0.1) is 6.92 Å². The van der Waals surface area contributed by atoms with E-state index in [9.17, 15) is 8.42 Å². The summed E-state index contributed by atoms with van der Waals surface area (Å²) < 4.78 is 29.4. The summed E-state index contributed by atoms with van der Waals surface area (Å²) in [5.74, 6) is 0.915. The number of hydrogen-bond donors (Lipinski definition) is 1. The van der Waals surface area contributed by atoms with Gasteiger partial charge < -0.3 is 10.1 Å². The minimum Gasteiger partial charge on any atom is -0.494 e. The summed E-state index contributed by atoms with van der Waals surface area (Å²) in [4.78, 5) is 0. The van der Waals surface area contributed by atoms with Crippen LogP contribution in [0.3, 0.4) is 0 Å². The summed E-state index contributed by atoms with van der Waals surface area (Å²) in [6.45, 7) is 5.37. The molecule has 2 rings (SSSR count). The van der Waals surface area contributed by atoms with E-state index >= 15 is 0 Å². The predicted molar refractivity (Wildman–Crippen MR) is 90.1 cm³/mol. The van der Waals surface area contributed by atoms with Crippen LogP contribution in [0.4, 0.5) is 0 Å². The zero-order chi connectivity index (χ0) is 16.2. The molecular formula is C17H27NO3S. The van der Waals surface area contributed by atoms with Gasteiger partial charge in [-0.1, -0.05) is 25.0 Å². The second-order valence-corrected chi connectivity index (χ2v) is 8.44. The van der Waals surface area contributed by atoms with Gasteiger partial charge in [0, 0.05) is 18.8 Å². The highest BCUT2D eigenvalue weighted by Crippen LogP contribution is 2.25. The Bertz CT molecular complexity index is 598. The Kier molecular flexibility index (Phi) is 5.87. The van der Waals surface area contributed by atoms with Crippen LogP contribution in [-0.4, -0.2) is 32.6 Å². The molecule has 1 aliphatic carbocycles. The summed E-state index contributed by atoms with van der Waals surface area (Å²) in [6.07, 6.45) is 5.19. The van der Waals surface area contributed by atoms with E-state index in [1.54, 1.807) is 0 Å². The van der Waals surface area contributed by atoms with Crippen LogP contribution in [0.1, 0.15) is 43.7 Å². The van der Waals surface area contributed by atoms with E-state index in [1.165, 1.54) is 11.8 Å². The third-order valence-corrected chi connectivity index (χ3v) is 6.02. The number of aryl methyl sites for hydroxylation is 1. The van der Waals surface area contributed by atoms with Crippen LogP contribution < -0.4 is 10.1 Å². The van der Waals surface area contributed by atoms with E-state index in [-0.39, 0.29) is 11.3 Å². The van der Waals surface area contributed by atoms with E-state index in [0.717, 1.165) is 37.0 Å². The van der Waals surface area contributed by atoms with E-state index in [4.69, 9.17) is 4.74 Å². The Labute approximate surface area is 134 Å². The van der Waals surface area contributed by atoms with Crippen molar-refractivity contribution in [1.82, 2.24) is 5.32 Å². The molecule has 1 fully saturated rings. The van der Waals surface area contributed by atoms with Gasteiger partial charge in [-0.15, -0.1) is 0 Å². The quantitative estimate of drug-likeness (QED) is 0.874. The lowest BCUT2D eigenvalue weighted by Gasteiger charge is -2.31. The van der Waals surface area contributed by atoms with Gasteiger partial charge in [0.1, 0.15) is 5.75 Å². The Morgan fingerprint density at radius 2 is 2.00 bits per heavy atom. The van der Waals surface area contributed by atoms with Gasteiger partial charge in [0.25, 0.3) is 0 Å². The standard InChI is InChI=1S/C17H27NO3S/c1-4-21-16-10-9-14(11-13(16)2)12-18-15-7-5-6-8-17(15)22(3,19)20/h9-11,15,17-18H,4-8,12H2,1-3H3/t15-,17-/m0/s1. The third-order valence-electron chi connectivity index (χ3n) is 4.36. The lowest BCUT2D eigenvalue weighted by Crippen LogP contribution is -2.45. The van der Waals surface area contributed by atoms with Crippen LogP contribution in [0.15, 0.2) is 18.2 Å². The molecule has 1 aliphatic rings. The second kappa shape index (κ2) is 7.47. The Balaban J connectivity index is 2.00. The maximum Gasteiger partial charge on any atom is 0.151 e. The molecule has 0 aliphatic heterocycles. The smallest absolute Gasteiger partial charge is 0.151 e. The molecule has 1 saturated carbocycles. The lowest BCUT2D eigenvalue weighted by atomic mass is 9.94. The number of hydrogen-bond acceptors (Lipinski definition) is 4. The molecule has 1 N–H and O–H groups in total. The van der Waals surface area contributed by atoms with Gasteiger partial charge in [0.05, 0.1) is 11.9 Å². The van der Waals surface area contributed by atoms with Gasteiger partial charge in [-0.25, -0.2) is 8.42 Å². The predicted octanol–water partition coefficient (Wildman–Crippen LogP) is 2.84. The Morgan fingerprint density at radius 1 is 1.27 bits per heavy atom. The first-order chi connectivity index (χ1) is 10.4. The van der Waals surface area contributed by atoms with Crippen molar-refractivity contribution in [2.24, 2.45) is 0 Å². The molecule has 0 unspecified atom stereocenters. The van der Waals surface area contributed by atoms with Crippen molar-refractivity contribution >= 4 is 9.84 Å². The SMILES string of the molecule is CCOc1ccc(CN[C@H]2CCCC[C@@H]2S(C)(=O)=O)cc1C. The fourth-order valence-electron chi connectivity index (χ4n) is 3.23. The van der Waals surface area contributed by atoms with Gasteiger partial charge >= 0.3 is 0 Å². The van der Waals surface area contributed by atoms with E-state index < -0.39 is 9.84 Å². The van der Waals surface area contributed by atoms with Crippen LogP contribution in [0.25, 0.3) is 0 Å². The Morgan fingerprint density at radius 3 is 2.64 bits per heavy atom. The first-order valence-corrected chi connectivity index (χ1v) is 10.0. The van der Waals surface area contributed by atoms with Gasteiger partial charge in [-0.2, -0.15) is 0 Å². The monoisotopic (exact) mass is 325 g/mol. The van der Waals surface area contributed by atoms with Crippen LogP contribution in [0.5, 0.6) is 5.75 Å². The average Bonchev–Trinajstić information content (AvgIpc) is 2.47.